The first-order valence-corrected chi connectivity index (χ1v) is 12.4. The zero-order chi connectivity index (χ0) is 25.0. The number of allylic oxidation sites excluding steroid dienone is 1. The van der Waals surface area contributed by atoms with Crippen molar-refractivity contribution in [1.29, 1.82) is 0 Å². The summed E-state index contributed by atoms with van der Waals surface area (Å²) in [5, 5.41) is 0.941. The van der Waals surface area contributed by atoms with Gasteiger partial charge in [-0.2, -0.15) is 4.39 Å². The molecule has 0 fully saturated rings. The van der Waals surface area contributed by atoms with Crippen molar-refractivity contribution >= 4 is 17.0 Å². The fourth-order valence-electron chi connectivity index (χ4n) is 3.85. The summed E-state index contributed by atoms with van der Waals surface area (Å²) in [4.78, 5) is 4.54. The monoisotopic (exact) mass is 479 g/mol. The number of aromatic nitrogens is 1. The van der Waals surface area contributed by atoms with Crippen LogP contribution in [0.2, 0.25) is 0 Å². The molecule has 0 radical (unpaired) electrons. The molecule has 3 nitrogen and oxygen atoms in total. The number of ether oxygens (including phenoxy) is 2. The minimum atomic E-state index is -1.02. The topological polar surface area (TPSA) is 31.4 Å². The smallest absolute Gasteiger partial charge is 0.201 e. The van der Waals surface area contributed by atoms with E-state index in [2.05, 4.69) is 37.6 Å². The zero-order valence-corrected chi connectivity index (χ0v) is 20.7. The van der Waals surface area contributed by atoms with Gasteiger partial charge >= 0.3 is 0 Å². The molecule has 186 valence electrons. The van der Waals surface area contributed by atoms with Gasteiger partial charge < -0.3 is 9.47 Å². The van der Waals surface area contributed by atoms with E-state index in [0.717, 1.165) is 48.8 Å². The summed E-state index contributed by atoms with van der Waals surface area (Å²) < 4.78 is 40.0. The van der Waals surface area contributed by atoms with E-state index >= 15 is 0 Å². The van der Waals surface area contributed by atoms with Gasteiger partial charge in [0.1, 0.15) is 6.61 Å². The number of benzene rings is 2. The minimum absolute atomic E-state index is 0.0999. The number of nitrogens with zero attached hydrogens (tertiary/aromatic N) is 1. The molecule has 0 aliphatic carbocycles. The van der Waals surface area contributed by atoms with E-state index in [-0.39, 0.29) is 17.9 Å². The van der Waals surface area contributed by atoms with Crippen LogP contribution in [0.5, 0.6) is 5.75 Å². The van der Waals surface area contributed by atoms with Crippen molar-refractivity contribution < 1.29 is 18.3 Å². The molecule has 0 aliphatic rings. The molecule has 1 unspecified atom stereocenters. The van der Waals surface area contributed by atoms with E-state index in [4.69, 9.17) is 9.47 Å². The third-order valence-electron chi connectivity index (χ3n) is 5.83. The first-order chi connectivity index (χ1) is 17.0. The first-order valence-electron chi connectivity index (χ1n) is 12.4. The summed E-state index contributed by atoms with van der Waals surface area (Å²) in [6.45, 7) is 8.82. The molecule has 1 atom stereocenters. The lowest BCUT2D eigenvalue weighted by molar-refractivity contribution is 0.0566. The Morgan fingerprint density at radius 2 is 1.89 bits per heavy atom. The number of hydrogen-bond acceptors (Lipinski definition) is 3. The third-order valence-corrected chi connectivity index (χ3v) is 5.83. The molecular formula is C30H35F2NO2. The second-order valence-electron chi connectivity index (χ2n) is 8.71. The van der Waals surface area contributed by atoms with Gasteiger partial charge in [-0.15, -0.1) is 0 Å². The minimum Gasteiger partial charge on any atom is -0.486 e. The summed E-state index contributed by atoms with van der Waals surface area (Å²) in [7, 11) is 0. The van der Waals surface area contributed by atoms with Crippen LogP contribution in [0, 0.1) is 11.6 Å². The molecule has 0 saturated carbocycles. The van der Waals surface area contributed by atoms with Gasteiger partial charge in [0.05, 0.1) is 17.3 Å². The number of unbranched alkanes of at least 4 members (excludes halogenated alkanes) is 3. The fourth-order valence-corrected chi connectivity index (χ4v) is 3.85. The second kappa shape index (κ2) is 13.7. The van der Waals surface area contributed by atoms with Crippen molar-refractivity contribution in [1.82, 2.24) is 4.98 Å². The molecular weight excluding hydrogens is 444 g/mol. The van der Waals surface area contributed by atoms with E-state index in [1.807, 2.05) is 24.3 Å². The predicted molar refractivity (Wildman–Crippen MR) is 141 cm³/mol. The van der Waals surface area contributed by atoms with Gasteiger partial charge in [-0.3, -0.25) is 0 Å². The standard InChI is InChI=1S/C30H35F2NO2/c1-4-6-10-20-34-22(3)11-8-7-9-12-23-13-16-26-24(21-23)14-17-27(33-26)25-15-18-28(35-19-5-2)30(32)29(25)31/h5,9,12-18,21-22H,2,4,6-8,10-11,19-20H2,1,3H3/b12-9+. The lowest BCUT2D eigenvalue weighted by atomic mass is 10.1. The Morgan fingerprint density at radius 3 is 2.69 bits per heavy atom. The van der Waals surface area contributed by atoms with E-state index < -0.39 is 11.6 Å². The number of rotatable bonds is 14. The molecule has 1 heterocycles. The van der Waals surface area contributed by atoms with Crippen LogP contribution >= 0.6 is 0 Å². The molecule has 0 N–H and O–H groups in total. The number of halogens is 2. The van der Waals surface area contributed by atoms with Crippen molar-refractivity contribution in [3.05, 3.63) is 78.4 Å². The third kappa shape index (κ3) is 7.72. The van der Waals surface area contributed by atoms with Crippen LogP contribution in [0.3, 0.4) is 0 Å². The molecule has 2 aromatic carbocycles. The Bertz CT molecular complexity index is 1140. The summed E-state index contributed by atoms with van der Waals surface area (Å²) in [6, 6.07) is 12.4. The number of pyridine rings is 1. The average Bonchev–Trinajstić information content (AvgIpc) is 2.87. The SMILES string of the molecule is C=CCOc1ccc(-c2ccc3cc(/C=C/CCCC(C)OCCCCC)ccc3n2)c(F)c1F. The maximum absolute atomic E-state index is 14.6. The fraction of sp³-hybridized carbons (Fsp3) is 0.367. The van der Waals surface area contributed by atoms with E-state index in [1.54, 1.807) is 6.07 Å². The van der Waals surface area contributed by atoms with Gasteiger partial charge in [-0.05, 0) is 68.5 Å². The van der Waals surface area contributed by atoms with Crippen molar-refractivity contribution in [2.75, 3.05) is 13.2 Å². The van der Waals surface area contributed by atoms with Crippen LogP contribution in [-0.2, 0) is 4.74 Å². The van der Waals surface area contributed by atoms with Crippen LogP contribution in [0.25, 0.3) is 28.2 Å². The Kier molecular flexibility index (Phi) is 10.4. The van der Waals surface area contributed by atoms with E-state index in [0.29, 0.717) is 11.8 Å². The maximum atomic E-state index is 14.6. The normalized spacial score (nSPS) is 12.3. The molecule has 0 spiro atoms. The predicted octanol–water partition coefficient (Wildman–Crippen LogP) is 8.52. The molecule has 1 aromatic heterocycles. The quantitative estimate of drug-likeness (QED) is 0.171. The lowest BCUT2D eigenvalue weighted by Gasteiger charge is -2.12. The van der Waals surface area contributed by atoms with Crippen LogP contribution in [0.1, 0.15) is 57.9 Å². The molecule has 0 amide bonds. The largest absolute Gasteiger partial charge is 0.486 e. The van der Waals surface area contributed by atoms with Gasteiger partial charge in [0.2, 0.25) is 5.82 Å². The lowest BCUT2D eigenvalue weighted by Crippen LogP contribution is -2.08. The highest BCUT2D eigenvalue weighted by atomic mass is 19.2. The van der Waals surface area contributed by atoms with Gasteiger partial charge in [0.25, 0.3) is 0 Å². The van der Waals surface area contributed by atoms with Gasteiger partial charge in [-0.25, -0.2) is 9.37 Å². The Labute approximate surface area is 207 Å². The van der Waals surface area contributed by atoms with Crippen LogP contribution in [0.15, 0.2) is 61.2 Å². The Balaban J connectivity index is 1.59. The summed E-state index contributed by atoms with van der Waals surface area (Å²) in [6.07, 6.45) is 12.8. The molecule has 0 bridgehead atoms. The van der Waals surface area contributed by atoms with Gasteiger partial charge in [0.15, 0.2) is 11.6 Å². The summed E-state index contributed by atoms with van der Waals surface area (Å²) in [5.41, 5.74) is 2.28. The number of hydrogen-bond donors (Lipinski definition) is 0. The first kappa shape index (κ1) is 26.6. The maximum Gasteiger partial charge on any atom is 0.201 e. The van der Waals surface area contributed by atoms with Crippen molar-refractivity contribution in [3.8, 4) is 17.0 Å². The molecule has 5 heteroatoms. The average molecular weight is 480 g/mol. The van der Waals surface area contributed by atoms with Crippen LogP contribution in [0.4, 0.5) is 8.78 Å². The highest BCUT2D eigenvalue weighted by Gasteiger charge is 2.16. The van der Waals surface area contributed by atoms with E-state index in [9.17, 15) is 8.78 Å². The second-order valence-corrected chi connectivity index (χ2v) is 8.71. The van der Waals surface area contributed by atoms with Gasteiger partial charge in [0, 0.05) is 17.6 Å². The van der Waals surface area contributed by atoms with Crippen molar-refractivity contribution in [2.24, 2.45) is 0 Å². The molecule has 0 saturated heterocycles. The number of fused-ring (bicyclic) bond motifs is 1. The Morgan fingerprint density at radius 1 is 1.03 bits per heavy atom. The summed E-state index contributed by atoms with van der Waals surface area (Å²) in [5.74, 6) is -2.14. The molecule has 3 aromatic rings. The molecule has 3 rings (SSSR count). The molecule has 35 heavy (non-hydrogen) atoms. The van der Waals surface area contributed by atoms with Crippen molar-refractivity contribution in [2.45, 2.75) is 58.5 Å². The Hall–Kier alpha value is -3.05. The highest BCUT2D eigenvalue weighted by Crippen LogP contribution is 2.30. The zero-order valence-electron chi connectivity index (χ0n) is 20.7. The highest BCUT2D eigenvalue weighted by molar-refractivity contribution is 5.84. The summed E-state index contributed by atoms with van der Waals surface area (Å²) >= 11 is 0. The van der Waals surface area contributed by atoms with Crippen molar-refractivity contribution in [3.63, 3.8) is 0 Å². The molecule has 0 aliphatic heterocycles. The van der Waals surface area contributed by atoms with E-state index in [1.165, 1.54) is 31.1 Å². The van der Waals surface area contributed by atoms with Crippen LogP contribution < -0.4 is 4.74 Å². The van der Waals surface area contributed by atoms with Crippen LogP contribution in [-0.4, -0.2) is 24.3 Å². The van der Waals surface area contributed by atoms with Gasteiger partial charge in [-0.1, -0.05) is 56.7 Å².